The SMILES string of the molecule is Cc1cc(Nc2ncnc3cc(OCC4CC5(CCN(C)CC5)C4)c(NC(=O)/C=C/CC4CCC4)cc23)ccc1F. The molecule has 2 N–H and O–H groups in total. The number of aryl methyl sites for hydroxylation is 1. The van der Waals surface area contributed by atoms with Crippen molar-refractivity contribution in [3.05, 3.63) is 60.2 Å². The van der Waals surface area contributed by atoms with Gasteiger partial charge in [0.15, 0.2) is 0 Å². The zero-order valence-corrected chi connectivity index (χ0v) is 24.1. The topological polar surface area (TPSA) is 79.4 Å². The summed E-state index contributed by atoms with van der Waals surface area (Å²) in [6.07, 6.45) is 14.8. The average molecular weight is 558 g/mol. The Hall–Kier alpha value is -3.52. The van der Waals surface area contributed by atoms with Crippen LogP contribution in [-0.2, 0) is 4.79 Å². The molecule has 216 valence electrons. The number of halogens is 1. The number of allylic oxidation sites excluding steroid dienone is 1. The average Bonchev–Trinajstić information content (AvgIpc) is 2.91. The van der Waals surface area contributed by atoms with Crippen molar-refractivity contribution in [2.45, 2.75) is 58.3 Å². The van der Waals surface area contributed by atoms with E-state index in [2.05, 4.69) is 32.5 Å². The van der Waals surface area contributed by atoms with Gasteiger partial charge in [-0.25, -0.2) is 14.4 Å². The van der Waals surface area contributed by atoms with Crippen molar-refractivity contribution in [1.82, 2.24) is 14.9 Å². The number of hydrogen-bond donors (Lipinski definition) is 2. The third kappa shape index (κ3) is 6.38. The number of carbonyl (C=O) groups excluding carboxylic acids is 1. The normalized spacial score (nSPS) is 19.3. The summed E-state index contributed by atoms with van der Waals surface area (Å²) in [4.78, 5) is 24.3. The zero-order valence-electron chi connectivity index (χ0n) is 24.1. The minimum atomic E-state index is -0.256. The first kappa shape index (κ1) is 27.6. The van der Waals surface area contributed by atoms with Crippen LogP contribution in [0.3, 0.4) is 0 Å². The molecule has 2 heterocycles. The van der Waals surface area contributed by atoms with Gasteiger partial charge < -0.3 is 20.3 Å². The summed E-state index contributed by atoms with van der Waals surface area (Å²) in [6.45, 7) is 4.70. The van der Waals surface area contributed by atoms with Crippen LogP contribution in [0.1, 0.15) is 56.9 Å². The Labute approximate surface area is 241 Å². The molecule has 1 aliphatic heterocycles. The number of piperidine rings is 1. The van der Waals surface area contributed by atoms with Gasteiger partial charge in [0.25, 0.3) is 0 Å². The third-order valence-corrected chi connectivity index (χ3v) is 9.34. The Morgan fingerprint density at radius 3 is 2.68 bits per heavy atom. The molecule has 0 bridgehead atoms. The number of carbonyl (C=O) groups is 1. The zero-order chi connectivity index (χ0) is 28.4. The van der Waals surface area contributed by atoms with Crippen LogP contribution in [0.2, 0.25) is 0 Å². The first-order chi connectivity index (χ1) is 19.9. The van der Waals surface area contributed by atoms with Crippen LogP contribution in [0.15, 0.2) is 48.8 Å². The molecule has 1 saturated heterocycles. The van der Waals surface area contributed by atoms with E-state index in [-0.39, 0.29) is 11.7 Å². The van der Waals surface area contributed by atoms with Crippen molar-refractivity contribution in [1.29, 1.82) is 0 Å². The van der Waals surface area contributed by atoms with E-state index >= 15 is 0 Å². The Bertz CT molecular complexity index is 1440. The second-order valence-electron chi connectivity index (χ2n) is 12.5. The predicted octanol–water partition coefficient (Wildman–Crippen LogP) is 7.01. The summed E-state index contributed by atoms with van der Waals surface area (Å²) < 4.78 is 20.2. The molecule has 1 spiro atoms. The molecule has 0 unspecified atom stereocenters. The number of fused-ring (bicyclic) bond motifs is 1. The van der Waals surface area contributed by atoms with Gasteiger partial charge >= 0.3 is 0 Å². The number of rotatable bonds is 9. The minimum Gasteiger partial charge on any atom is -0.491 e. The molecular weight excluding hydrogens is 517 g/mol. The third-order valence-electron chi connectivity index (χ3n) is 9.34. The fourth-order valence-electron chi connectivity index (χ4n) is 6.52. The maximum Gasteiger partial charge on any atom is 0.248 e. The van der Waals surface area contributed by atoms with Gasteiger partial charge in [0.05, 0.1) is 17.8 Å². The van der Waals surface area contributed by atoms with E-state index in [4.69, 9.17) is 4.74 Å². The Morgan fingerprint density at radius 2 is 1.95 bits per heavy atom. The maximum atomic E-state index is 13.8. The molecule has 0 atom stereocenters. The lowest BCUT2D eigenvalue weighted by molar-refractivity contribution is -0.111. The summed E-state index contributed by atoms with van der Waals surface area (Å²) in [6, 6.07) is 8.62. The molecule has 2 saturated carbocycles. The molecule has 3 fully saturated rings. The number of anilines is 3. The van der Waals surface area contributed by atoms with Gasteiger partial charge in [0, 0.05) is 17.1 Å². The Morgan fingerprint density at radius 1 is 1.15 bits per heavy atom. The van der Waals surface area contributed by atoms with E-state index in [1.165, 1.54) is 70.4 Å². The Balaban J connectivity index is 1.21. The molecule has 8 heteroatoms. The van der Waals surface area contributed by atoms with Crippen LogP contribution in [-0.4, -0.2) is 47.5 Å². The molecule has 7 nitrogen and oxygen atoms in total. The molecule has 0 radical (unpaired) electrons. The highest BCUT2D eigenvalue weighted by Gasteiger charge is 2.45. The molecule has 1 amide bonds. The summed E-state index contributed by atoms with van der Waals surface area (Å²) in [5.41, 5.74) is 3.05. The van der Waals surface area contributed by atoms with E-state index in [0.29, 0.717) is 52.2 Å². The van der Waals surface area contributed by atoms with E-state index in [1.807, 2.05) is 18.2 Å². The van der Waals surface area contributed by atoms with Gasteiger partial charge in [-0.05, 0) is 112 Å². The van der Waals surface area contributed by atoms with Gasteiger partial charge in [-0.3, -0.25) is 4.79 Å². The monoisotopic (exact) mass is 557 g/mol. The lowest BCUT2D eigenvalue weighted by Gasteiger charge is -2.51. The number of amides is 1. The molecule has 6 rings (SSSR count). The van der Waals surface area contributed by atoms with Crippen LogP contribution >= 0.6 is 0 Å². The summed E-state index contributed by atoms with van der Waals surface area (Å²) >= 11 is 0. The highest BCUT2D eigenvalue weighted by Crippen LogP contribution is 2.52. The molecule has 2 aromatic carbocycles. The number of likely N-dealkylation sites (tertiary alicyclic amines) is 1. The van der Waals surface area contributed by atoms with Gasteiger partial charge in [-0.1, -0.05) is 25.3 Å². The summed E-state index contributed by atoms with van der Waals surface area (Å²) in [7, 11) is 2.20. The van der Waals surface area contributed by atoms with E-state index in [0.717, 1.165) is 17.5 Å². The summed E-state index contributed by atoms with van der Waals surface area (Å²) in [5, 5.41) is 7.08. The fraction of sp³-hybridized carbons (Fsp3) is 0.485. The number of ether oxygens (including phenoxy) is 1. The predicted molar refractivity (Wildman–Crippen MR) is 161 cm³/mol. The standard InChI is InChI=1S/C33H40FN5O2/c1-22-15-25(9-10-27(22)34)37-32-26-16-29(38-31(40)8-4-7-23-5-3-6-23)30(17-28(26)35-21-36-32)41-20-24-18-33(19-24)11-13-39(2)14-12-33/h4,8-10,15-17,21,23-24H,3,5-7,11-14,18-20H2,1-2H3,(H,38,40)(H,35,36,37)/b8-4+. The van der Waals surface area contributed by atoms with Crippen molar-refractivity contribution in [2.75, 3.05) is 37.4 Å². The first-order valence-electron chi connectivity index (χ1n) is 15.0. The highest BCUT2D eigenvalue weighted by molar-refractivity contribution is 6.03. The van der Waals surface area contributed by atoms with Crippen molar-refractivity contribution in [3.63, 3.8) is 0 Å². The number of hydrogen-bond acceptors (Lipinski definition) is 6. The molecule has 1 aromatic heterocycles. The number of nitrogens with one attached hydrogen (secondary N) is 2. The lowest BCUT2D eigenvalue weighted by atomic mass is 9.58. The van der Waals surface area contributed by atoms with Crippen molar-refractivity contribution < 1.29 is 13.9 Å². The largest absolute Gasteiger partial charge is 0.491 e. The maximum absolute atomic E-state index is 13.8. The van der Waals surface area contributed by atoms with E-state index in [1.54, 1.807) is 25.1 Å². The van der Waals surface area contributed by atoms with Crippen LogP contribution < -0.4 is 15.4 Å². The molecule has 41 heavy (non-hydrogen) atoms. The smallest absolute Gasteiger partial charge is 0.248 e. The van der Waals surface area contributed by atoms with Gasteiger partial charge in [-0.2, -0.15) is 0 Å². The Kier molecular flexibility index (Phi) is 7.93. The second kappa shape index (κ2) is 11.8. The molecule has 3 aliphatic rings. The molecule has 3 aromatic rings. The van der Waals surface area contributed by atoms with Crippen LogP contribution in [0, 0.1) is 30.0 Å². The quantitative estimate of drug-likeness (QED) is 0.276. The van der Waals surface area contributed by atoms with Crippen LogP contribution in [0.5, 0.6) is 5.75 Å². The van der Waals surface area contributed by atoms with Crippen molar-refractivity contribution in [3.8, 4) is 5.75 Å². The van der Waals surface area contributed by atoms with Gasteiger partial charge in [-0.15, -0.1) is 0 Å². The van der Waals surface area contributed by atoms with Crippen molar-refractivity contribution in [2.24, 2.45) is 17.3 Å². The highest BCUT2D eigenvalue weighted by atomic mass is 19.1. The van der Waals surface area contributed by atoms with Gasteiger partial charge in [0.1, 0.15) is 23.7 Å². The van der Waals surface area contributed by atoms with E-state index < -0.39 is 0 Å². The number of nitrogens with zero attached hydrogens (tertiary/aromatic N) is 3. The van der Waals surface area contributed by atoms with Crippen LogP contribution in [0.25, 0.3) is 10.9 Å². The van der Waals surface area contributed by atoms with Crippen molar-refractivity contribution >= 4 is 34.0 Å². The first-order valence-corrected chi connectivity index (χ1v) is 15.0. The minimum absolute atomic E-state index is 0.178. The molecule has 2 aliphatic carbocycles. The van der Waals surface area contributed by atoms with Gasteiger partial charge in [0.2, 0.25) is 5.91 Å². The fourth-order valence-corrected chi connectivity index (χ4v) is 6.52. The van der Waals surface area contributed by atoms with E-state index in [9.17, 15) is 9.18 Å². The summed E-state index contributed by atoms with van der Waals surface area (Å²) in [5.74, 6) is 1.98. The second-order valence-corrected chi connectivity index (χ2v) is 12.5. The van der Waals surface area contributed by atoms with Crippen LogP contribution in [0.4, 0.5) is 21.6 Å². The number of aromatic nitrogens is 2. The lowest BCUT2D eigenvalue weighted by Crippen LogP contribution is -2.47. The molecular formula is C33H40FN5O2. The number of benzene rings is 2.